The SMILES string of the molecule is Cc1ccc(N2CCc3ncnc(NCc4ccc5c(c4)OCO5)c3C2)c(C#N)c1. The highest BCUT2D eigenvalue weighted by atomic mass is 16.7. The Hall–Kier alpha value is -3.79. The second-order valence-corrected chi connectivity index (χ2v) is 7.49. The molecule has 3 aromatic rings. The lowest BCUT2D eigenvalue weighted by molar-refractivity contribution is 0.174. The smallest absolute Gasteiger partial charge is 0.231 e. The van der Waals surface area contributed by atoms with Crippen LogP contribution in [0.15, 0.2) is 42.7 Å². The summed E-state index contributed by atoms with van der Waals surface area (Å²) in [6.45, 7) is 4.38. The number of aromatic nitrogens is 2. The van der Waals surface area contributed by atoms with Crippen LogP contribution in [0.1, 0.15) is 27.9 Å². The summed E-state index contributed by atoms with van der Waals surface area (Å²) in [5, 5.41) is 13.0. The van der Waals surface area contributed by atoms with Crippen molar-refractivity contribution in [2.24, 2.45) is 0 Å². The Morgan fingerprint density at radius 3 is 2.93 bits per heavy atom. The normalized spacial score (nSPS) is 14.2. The zero-order valence-electron chi connectivity index (χ0n) is 16.7. The Bertz CT molecular complexity index is 1150. The molecular weight excluding hydrogens is 378 g/mol. The minimum atomic E-state index is 0.269. The molecule has 1 aromatic heterocycles. The molecule has 0 aliphatic carbocycles. The molecule has 0 saturated carbocycles. The number of nitrogens with one attached hydrogen (secondary N) is 1. The molecule has 150 valence electrons. The van der Waals surface area contributed by atoms with Gasteiger partial charge in [0.05, 0.1) is 16.9 Å². The van der Waals surface area contributed by atoms with E-state index in [9.17, 15) is 5.26 Å². The third-order valence-electron chi connectivity index (χ3n) is 5.51. The van der Waals surface area contributed by atoms with Crippen LogP contribution < -0.4 is 19.7 Å². The fraction of sp³-hybridized carbons (Fsp3) is 0.261. The minimum Gasteiger partial charge on any atom is -0.454 e. The standard InChI is InChI=1S/C23H21N5O2/c1-15-2-4-20(17(8-15)10-24)28-7-6-19-18(12-28)23(27-13-26-19)25-11-16-3-5-21-22(9-16)30-14-29-21/h2-5,8-9,13H,6-7,11-12,14H2,1H3,(H,25,26,27). The van der Waals surface area contributed by atoms with E-state index >= 15 is 0 Å². The zero-order chi connectivity index (χ0) is 20.5. The van der Waals surface area contributed by atoms with Gasteiger partial charge >= 0.3 is 0 Å². The lowest BCUT2D eigenvalue weighted by Crippen LogP contribution is -2.32. The van der Waals surface area contributed by atoms with Crippen LogP contribution in [-0.4, -0.2) is 23.3 Å². The molecule has 0 atom stereocenters. The molecule has 3 heterocycles. The van der Waals surface area contributed by atoms with Gasteiger partial charge in [-0.2, -0.15) is 5.26 Å². The van der Waals surface area contributed by atoms with Crippen LogP contribution in [0.4, 0.5) is 11.5 Å². The highest BCUT2D eigenvalue weighted by Crippen LogP contribution is 2.33. The summed E-state index contributed by atoms with van der Waals surface area (Å²) in [5.74, 6) is 2.38. The maximum absolute atomic E-state index is 9.57. The second kappa shape index (κ2) is 7.56. The van der Waals surface area contributed by atoms with Crippen molar-refractivity contribution in [3.05, 3.63) is 70.7 Å². The number of hydrogen-bond acceptors (Lipinski definition) is 7. The summed E-state index contributed by atoms with van der Waals surface area (Å²) in [6.07, 6.45) is 2.43. The van der Waals surface area contributed by atoms with Gasteiger partial charge in [0.2, 0.25) is 6.79 Å². The number of nitrogens with zero attached hydrogens (tertiary/aromatic N) is 4. The Morgan fingerprint density at radius 1 is 1.13 bits per heavy atom. The fourth-order valence-corrected chi connectivity index (χ4v) is 3.95. The van der Waals surface area contributed by atoms with Crippen LogP contribution in [-0.2, 0) is 19.5 Å². The number of nitriles is 1. The summed E-state index contributed by atoms with van der Waals surface area (Å²) in [7, 11) is 0. The average molecular weight is 399 g/mol. The Kier molecular flexibility index (Phi) is 4.60. The van der Waals surface area contributed by atoms with Gasteiger partial charge in [-0.25, -0.2) is 9.97 Å². The highest BCUT2D eigenvalue weighted by Gasteiger charge is 2.23. The number of benzene rings is 2. The first-order chi connectivity index (χ1) is 14.7. The molecule has 7 heteroatoms. The van der Waals surface area contributed by atoms with E-state index in [1.165, 1.54) is 0 Å². The molecule has 7 nitrogen and oxygen atoms in total. The van der Waals surface area contributed by atoms with Crippen molar-refractivity contribution >= 4 is 11.5 Å². The number of hydrogen-bond donors (Lipinski definition) is 1. The lowest BCUT2D eigenvalue weighted by Gasteiger charge is -2.31. The van der Waals surface area contributed by atoms with Crippen molar-refractivity contribution < 1.29 is 9.47 Å². The molecule has 30 heavy (non-hydrogen) atoms. The first-order valence-electron chi connectivity index (χ1n) is 9.92. The van der Waals surface area contributed by atoms with Gasteiger partial charge in [-0.1, -0.05) is 12.1 Å². The van der Waals surface area contributed by atoms with Crippen molar-refractivity contribution in [2.45, 2.75) is 26.4 Å². The van der Waals surface area contributed by atoms with Gasteiger partial charge < -0.3 is 19.7 Å². The van der Waals surface area contributed by atoms with Crippen molar-refractivity contribution in [1.29, 1.82) is 5.26 Å². The van der Waals surface area contributed by atoms with Crippen molar-refractivity contribution in [1.82, 2.24) is 9.97 Å². The van der Waals surface area contributed by atoms with Crippen molar-refractivity contribution in [3.63, 3.8) is 0 Å². The van der Waals surface area contributed by atoms with E-state index < -0.39 is 0 Å². The summed E-state index contributed by atoms with van der Waals surface area (Å²) in [4.78, 5) is 11.2. The van der Waals surface area contributed by atoms with Crippen molar-refractivity contribution in [2.75, 3.05) is 23.6 Å². The third kappa shape index (κ3) is 3.37. The van der Waals surface area contributed by atoms with Crippen LogP contribution >= 0.6 is 0 Å². The van der Waals surface area contributed by atoms with E-state index in [0.717, 1.165) is 58.4 Å². The predicted molar refractivity (Wildman–Crippen MR) is 113 cm³/mol. The van der Waals surface area contributed by atoms with Gasteiger partial charge in [-0.15, -0.1) is 0 Å². The number of ether oxygens (including phenoxy) is 2. The molecule has 2 aromatic carbocycles. The average Bonchev–Trinajstić information content (AvgIpc) is 3.25. The first kappa shape index (κ1) is 18.3. The third-order valence-corrected chi connectivity index (χ3v) is 5.51. The summed E-state index contributed by atoms with van der Waals surface area (Å²) < 4.78 is 10.8. The predicted octanol–water partition coefficient (Wildman–Crippen LogP) is 3.56. The highest BCUT2D eigenvalue weighted by molar-refractivity contribution is 5.62. The number of anilines is 2. The van der Waals surface area contributed by atoms with Gasteiger partial charge in [-0.05, 0) is 42.3 Å². The molecule has 0 spiro atoms. The van der Waals surface area contributed by atoms with Gasteiger partial charge in [-0.3, -0.25) is 0 Å². The van der Waals surface area contributed by atoms with E-state index in [-0.39, 0.29) is 6.79 Å². The molecule has 0 bridgehead atoms. The topological polar surface area (TPSA) is 83.3 Å². The molecule has 0 fully saturated rings. The van der Waals surface area contributed by atoms with Crippen LogP contribution in [0, 0.1) is 18.3 Å². The van der Waals surface area contributed by atoms with Gasteiger partial charge in [0.15, 0.2) is 11.5 Å². The maximum Gasteiger partial charge on any atom is 0.231 e. The monoisotopic (exact) mass is 399 g/mol. The Balaban J connectivity index is 1.38. The Morgan fingerprint density at radius 2 is 2.03 bits per heavy atom. The molecule has 0 amide bonds. The van der Waals surface area contributed by atoms with Gasteiger partial charge in [0, 0.05) is 31.6 Å². The summed E-state index contributed by atoms with van der Waals surface area (Å²) in [5.41, 5.74) is 5.96. The fourth-order valence-electron chi connectivity index (χ4n) is 3.95. The zero-order valence-corrected chi connectivity index (χ0v) is 16.7. The number of fused-ring (bicyclic) bond motifs is 2. The van der Waals surface area contributed by atoms with Crippen LogP contribution in [0.3, 0.4) is 0 Å². The molecule has 2 aliphatic rings. The first-order valence-corrected chi connectivity index (χ1v) is 9.92. The maximum atomic E-state index is 9.57. The quantitative estimate of drug-likeness (QED) is 0.718. The summed E-state index contributed by atoms with van der Waals surface area (Å²) >= 11 is 0. The molecule has 0 unspecified atom stereocenters. The van der Waals surface area contributed by atoms with Crippen molar-refractivity contribution in [3.8, 4) is 17.6 Å². The summed E-state index contributed by atoms with van der Waals surface area (Å²) in [6, 6.07) is 14.3. The largest absolute Gasteiger partial charge is 0.454 e. The second-order valence-electron chi connectivity index (χ2n) is 7.49. The van der Waals surface area contributed by atoms with E-state index in [0.29, 0.717) is 18.7 Å². The van der Waals surface area contributed by atoms with E-state index in [1.807, 2.05) is 43.3 Å². The molecule has 1 N–H and O–H groups in total. The van der Waals surface area contributed by atoms with Gasteiger partial charge in [0.25, 0.3) is 0 Å². The van der Waals surface area contributed by atoms with Gasteiger partial charge in [0.1, 0.15) is 18.2 Å². The van der Waals surface area contributed by atoms with Crippen LogP contribution in [0.5, 0.6) is 11.5 Å². The molecule has 5 rings (SSSR count). The van der Waals surface area contributed by atoms with Crippen LogP contribution in [0.2, 0.25) is 0 Å². The molecule has 2 aliphatic heterocycles. The van der Waals surface area contributed by atoms with Crippen LogP contribution in [0.25, 0.3) is 0 Å². The van der Waals surface area contributed by atoms with E-state index in [4.69, 9.17) is 9.47 Å². The Labute approximate surface area is 174 Å². The van der Waals surface area contributed by atoms with E-state index in [1.54, 1.807) is 6.33 Å². The molecular formula is C23H21N5O2. The number of aryl methyl sites for hydroxylation is 1. The minimum absolute atomic E-state index is 0.269. The molecule has 0 radical (unpaired) electrons. The number of rotatable bonds is 4. The molecule has 0 saturated heterocycles. The lowest BCUT2D eigenvalue weighted by atomic mass is 10.0. The van der Waals surface area contributed by atoms with E-state index in [2.05, 4.69) is 26.3 Å².